The maximum Gasteiger partial charge on any atom is 0.127 e. The molecule has 16 heavy (non-hydrogen) atoms. The quantitative estimate of drug-likeness (QED) is 0.915. The highest BCUT2D eigenvalue weighted by Gasteiger charge is 2.10. The largest absolute Gasteiger partial charge is 0.314 e. The Labute approximate surface area is 104 Å². The third kappa shape index (κ3) is 3.27. The lowest BCUT2D eigenvalue weighted by Gasteiger charge is -2.27. The van der Waals surface area contributed by atoms with Crippen LogP contribution in [0.3, 0.4) is 0 Å². The van der Waals surface area contributed by atoms with Crippen molar-refractivity contribution < 1.29 is 4.39 Å². The van der Waals surface area contributed by atoms with Gasteiger partial charge in [0.2, 0.25) is 0 Å². The van der Waals surface area contributed by atoms with E-state index in [1.54, 1.807) is 0 Å². The zero-order valence-electron chi connectivity index (χ0n) is 9.18. The molecular weight excluding hydrogens is 271 g/mol. The summed E-state index contributed by atoms with van der Waals surface area (Å²) in [6.07, 6.45) is 0.791. The van der Waals surface area contributed by atoms with Crippen LogP contribution in [0.25, 0.3) is 0 Å². The van der Waals surface area contributed by atoms with Gasteiger partial charge in [-0.3, -0.25) is 0 Å². The third-order valence-electron chi connectivity index (χ3n) is 2.92. The highest BCUT2D eigenvalue weighted by Crippen LogP contribution is 2.15. The van der Waals surface area contributed by atoms with Crippen LogP contribution in [0.2, 0.25) is 0 Å². The van der Waals surface area contributed by atoms with E-state index in [0.717, 1.165) is 49.2 Å². The topological polar surface area (TPSA) is 15.3 Å². The molecule has 1 N–H and O–H groups in total. The first-order chi connectivity index (χ1) is 7.75. The molecule has 0 saturated carbocycles. The highest BCUT2D eigenvalue weighted by molar-refractivity contribution is 9.10. The maximum atomic E-state index is 13.5. The predicted octanol–water partition coefficient (Wildman–Crippen LogP) is 2.04. The van der Waals surface area contributed by atoms with E-state index in [1.165, 1.54) is 6.07 Å². The predicted molar refractivity (Wildman–Crippen MR) is 67.1 cm³/mol. The summed E-state index contributed by atoms with van der Waals surface area (Å²) in [5.74, 6) is -0.107. The van der Waals surface area contributed by atoms with Crippen LogP contribution in [-0.4, -0.2) is 37.6 Å². The first kappa shape index (κ1) is 12.0. The van der Waals surface area contributed by atoms with Gasteiger partial charge in [-0.05, 0) is 24.1 Å². The van der Waals surface area contributed by atoms with Crippen LogP contribution in [0.4, 0.5) is 4.39 Å². The number of benzene rings is 1. The third-order valence-corrected chi connectivity index (χ3v) is 3.42. The zero-order chi connectivity index (χ0) is 11.4. The number of rotatable bonds is 3. The molecule has 1 aliphatic rings. The molecule has 2 rings (SSSR count). The fraction of sp³-hybridized carbons (Fsp3) is 0.500. The molecule has 1 aromatic carbocycles. The van der Waals surface area contributed by atoms with E-state index in [1.807, 2.05) is 12.1 Å². The summed E-state index contributed by atoms with van der Waals surface area (Å²) in [5, 5.41) is 3.31. The molecule has 1 saturated heterocycles. The van der Waals surface area contributed by atoms with Crippen molar-refractivity contribution >= 4 is 15.9 Å². The van der Waals surface area contributed by atoms with Crippen molar-refractivity contribution in [3.8, 4) is 0 Å². The molecule has 88 valence electrons. The average Bonchev–Trinajstić information content (AvgIpc) is 2.29. The SMILES string of the molecule is Fc1cc(Br)ccc1CCN1CCNCC1. The Hall–Kier alpha value is -0.450. The Morgan fingerprint density at radius 3 is 2.75 bits per heavy atom. The molecule has 0 aliphatic carbocycles. The van der Waals surface area contributed by atoms with Crippen LogP contribution in [0.5, 0.6) is 0 Å². The van der Waals surface area contributed by atoms with Crippen molar-refractivity contribution in [2.24, 2.45) is 0 Å². The number of piperazine rings is 1. The van der Waals surface area contributed by atoms with Crippen molar-refractivity contribution in [2.75, 3.05) is 32.7 Å². The van der Waals surface area contributed by atoms with E-state index in [0.29, 0.717) is 0 Å². The average molecular weight is 287 g/mol. The second kappa shape index (κ2) is 5.75. The van der Waals surface area contributed by atoms with E-state index in [4.69, 9.17) is 0 Å². The lowest BCUT2D eigenvalue weighted by Crippen LogP contribution is -2.44. The normalized spacial score (nSPS) is 17.6. The smallest absolute Gasteiger partial charge is 0.127 e. The lowest BCUT2D eigenvalue weighted by atomic mass is 10.1. The molecule has 4 heteroatoms. The second-order valence-corrected chi connectivity index (χ2v) is 4.99. The molecule has 1 aromatic rings. The van der Waals surface area contributed by atoms with Gasteiger partial charge in [0.1, 0.15) is 5.82 Å². The van der Waals surface area contributed by atoms with Gasteiger partial charge in [0.05, 0.1) is 0 Å². The van der Waals surface area contributed by atoms with E-state index in [-0.39, 0.29) is 5.82 Å². The standard InChI is InChI=1S/C12H16BrFN2/c13-11-2-1-10(12(14)9-11)3-6-16-7-4-15-5-8-16/h1-2,9,15H,3-8H2. The molecule has 1 aliphatic heterocycles. The van der Waals surface area contributed by atoms with Crippen LogP contribution in [-0.2, 0) is 6.42 Å². The Balaban J connectivity index is 1.88. The molecule has 0 spiro atoms. The van der Waals surface area contributed by atoms with Crippen LogP contribution >= 0.6 is 15.9 Å². The van der Waals surface area contributed by atoms with Crippen molar-refractivity contribution in [1.29, 1.82) is 0 Å². The molecule has 0 unspecified atom stereocenters. The van der Waals surface area contributed by atoms with Crippen molar-refractivity contribution in [3.63, 3.8) is 0 Å². The van der Waals surface area contributed by atoms with E-state index in [2.05, 4.69) is 26.1 Å². The fourth-order valence-electron chi connectivity index (χ4n) is 1.94. The maximum absolute atomic E-state index is 13.5. The summed E-state index contributed by atoms with van der Waals surface area (Å²) in [7, 11) is 0. The molecule has 0 bridgehead atoms. The molecular formula is C12H16BrFN2. The number of halogens is 2. The first-order valence-electron chi connectivity index (χ1n) is 5.63. The van der Waals surface area contributed by atoms with Crippen molar-refractivity contribution in [2.45, 2.75) is 6.42 Å². The minimum atomic E-state index is -0.107. The van der Waals surface area contributed by atoms with Gasteiger partial charge in [-0.1, -0.05) is 22.0 Å². The Kier molecular flexibility index (Phi) is 4.32. The van der Waals surface area contributed by atoms with Gasteiger partial charge >= 0.3 is 0 Å². The summed E-state index contributed by atoms with van der Waals surface area (Å²) >= 11 is 3.27. The summed E-state index contributed by atoms with van der Waals surface area (Å²) in [4.78, 5) is 2.37. The number of hydrogen-bond donors (Lipinski definition) is 1. The molecule has 2 nitrogen and oxygen atoms in total. The van der Waals surface area contributed by atoms with Crippen LogP contribution in [0.1, 0.15) is 5.56 Å². The lowest BCUT2D eigenvalue weighted by molar-refractivity contribution is 0.243. The summed E-state index contributed by atoms with van der Waals surface area (Å²) < 4.78 is 14.3. The molecule has 0 radical (unpaired) electrons. The van der Waals surface area contributed by atoms with E-state index >= 15 is 0 Å². The Bertz CT molecular complexity index is 351. The van der Waals surface area contributed by atoms with Gasteiger partial charge in [-0.15, -0.1) is 0 Å². The fourth-order valence-corrected chi connectivity index (χ4v) is 2.27. The molecule has 1 fully saturated rings. The van der Waals surface area contributed by atoms with Gasteiger partial charge in [-0.2, -0.15) is 0 Å². The zero-order valence-corrected chi connectivity index (χ0v) is 10.8. The van der Waals surface area contributed by atoms with Crippen LogP contribution in [0, 0.1) is 5.82 Å². The van der Waals surface area contributed by atoms with E-state index < -0.39 is 0 Å². The highest BCUT2D eigenvalue weighted by atomic mass is 79.9. The number of nitrogens with zero attached hydrogens (tertiary/aromatic N) is 1. The van der Waals surface area contributed by atoms with Crippen LogP contribution in [0.15, 0.2) is 22.7 Å². The number of hydrogen-bond acceptors (Lipinski definition) is 2. The van der Waals surface area contributed by atoms with Crippen LogP contribution < -0.4 is 5.32 Å². The van der Waals surface area contributed by atoms with Crippen molar-refractivity contribution in [3.05, 3.63) is 34.1 Å². The van der Waals surface area contributed by atoms with Crippen molar-refractivity contribution in [1.82, 2.24) is 10.2 Å². The minimum absolute atomic E-state index is 0.107. The summed E-state index contributed by atoms with van der Waals surface area (Å²) in [5.41, 5.74) is 0.807. The molecule has 0 atom stereocenters. The molecule has 0 amide bonds. The monoisotopic (exact) mass is 286 g/mol. The summed E-state index contributed by atoms with van der Waals surface area (Å²) in [6, 6.07) is 5.30. The first-order valence-corrected chi connectivity index (χ1v) is 6.42. The summed E-state index contributed by atoms with van der Waals surface area (Å²) in [6.45, 7) is 5.17. The van der Waals surface area contributed by atoms with Gasteiger partial charge < -0.3 is 10.2 Å². The molecule has 1 heterocycles. The van der Waals surface area contributed by atoms with Gasteiger partial charge in [-0.25, -0.2) is 4.39 Å². The van der Waals surface area contributed by atoms with Gasteiger partial charge in [0.25, 0.3) is 0 Å². The van der Waals surface area contributed by atoms with Gasteiger partial charge in [0, 0.05) is 37.2 Å². The minimum Gasteiger partial charge on any atom is -0.314 e. The Morgan fingerprint density at radius 1 is 1.31 bits per heavy atom. The van der Waals surface area contributed by atoms with Gasteiger partial charge in [0.15, 0.2) is 0 Å². The Morgan fingerprint density at radius 2 is 2.06 bits per heavy atom. The molecule has 0 aromatic heterocycles. The van der Waals surface area contributed by atoms with E-state index in [9.17, 15) is 4.39 Å². The number of nitrogens with one attached hydrogen (secondary N) is 1. The second-order valence-electron chi connectivity index (χ2n) is 4.08.